The van der Waals surface area contributed by atoms with Crippen molar-refractivity contribution in [1.29, 1.82) is 0 Å². The number of hydrogen-bond acceptors (Lipinski definition) is 5. The molecule has 0 bridgehead atoms. The van der Waals surface area contributed by atoms with E-state index >= 15 is 0 Å². The van der Waals surface area contributed by atoms with Crippen molar-refractivity contribution < 1.29 is 8.42 Å². The van der Waals surface area contributed by atoms with Crippen molar-refractivity contribution in [3.8, 4) is 11.1 Å². The molecular weight excluding hydrogens is 348 g/mol. The molecule has 7 heteroatoms. The molecule has 0 fully saturated rings. The molecule has 0 amide bonds. The van der Waals surface area contributed by atoms with Gasteiger partial charge in [0, 0.05) is 23.7 Å². The maximum absolute atomic E-state index is 11.8. The van der Waals surface area contributed by atoms with E-state index in [1.165, 1.54) is 6.26 Å². The van der Waals surface area contributed by atoms with Gasteiger partial charge in [-0.05, 0) is 42.0 Å². The minimum atomic E-state index is -3.28. The lowest BCUT2D eigenvalue weighted by atomic mass is 10.1. The highest BCUT2D eigenvalue weighted by atomic mass is 32.2. The van der Waals surface area contributed by atoms with E-state index in [2.05, 4.69) is 15.4 Å². The predicted molar refractivity (Wildman–Crippen MR) is 101 cm³/mol. The third-order valence-corrected chi connectivity index (χ3v) is 5.08. The average molecular weight is 364 g/mol. The molecule has 0 spiro atoms. The number of benzene rings is 2. The van der Waals surface area contributed by atoms with Crippen LogP contribution in [0.3, 0.4) is 0 Å². The first-order valence-electron chi connectivity index (χ1n) is 7.99. The fraction of sp³-hybridized carbons (Fsp3) is 0.0526. The van der Waals surface area contributed by atoms with E-state index < -0.39 is 9.84 Å². The summed E-state index contributed by atoms with van der Waals surface area (Å²) in [6.07, 6.45) is 3.01. The third kappa shape index (κ3) is 3.16. The second kappa shape index (κ2) is 6.27. The highest BCUT2D eigenvalue weighted by Gasteiger charge is 2.13. The summed E-state index contributed by atoms with van der Waals surface area (Å²) in [5, 5.41) is 7.61. The molecule has 0 saturated carbocycles. The predicted octanol–water partition coefficient (Wildman–Crippen LogP) is 3.54. The minimum absolute atomic E-state index is 0.277. The lowest BCUT2D eigenvalue weighted by Gasteiger charge is -2.05. The van der Waals surface area contributed by atoms with E-state index in [1.54, 1.807) is 22.7 Å². The van der Waals surface area contributed by atoms with E-state index in [0.717, 1.165) is 16.8 Å². The molecule has 0 aliphatic heterocycles. The van der Waals surface area contributed by atoms with Gasteiger partial charge in [0.25, 0.3) is 0 Å². The number of nitrogens with zero attached hydrogens (tertiary/aromatic N) is 3. The number of hydrogen-bond donors (Lipinski definition) is 1. The molecular formula is C19H16N4O2S. The van der Waals surface area contributed by atoms with Gasteiger partial charge in [-0.3, -0.25) is 0 Å². The third-order valence-electron chi connectivity index (χ3n) is 3.97. The van der Waals surface area contributed by atoms with E-state index in [1.807, 2.05) is 54.7 Å². The van der Waals surface area contributed by atoms with Crippen molar-refractivity contribution in [2.45, 2.75) is 4.90 Å². The monoisotopic (exact) mass is 364 g/mol. The van der Waals surface area contributed by atoms with Crippen LogP contribution in [0.5, 0.6) is 0 Å². The molecule has 6 nitrogen and oxygen atoms in total. The Morgan fingerprint density at radius 2 is 1.77 bits per heavy atom. The highest BCUT2D eigenvalue weighted by molar-refractivity contribution is 7.90. The lowest BCUT2D eigenvalue weighted by molar-refractivity contribution is 0.602. The molecule has 1 N–H and O–H groups in total. The zero-order valence-electron chi connectivity index (χ0n) is 14.0. The van der Waals surface area contributed by atoms with Crippen molar-refractivity contribution >= 4 is 27.1 Å². The van der Waals surface area contributed by atoms with Crippen LogP contribution >= 0.6 is 0 Å². The SMILES string of the molecule is CS(=O)(=O)c1cccc(-c2cccn3nc(Nc4ccccc4)nc23)c1. The van der Waals surface area contributed by atoms with Gasteiger partial charge >= 0.3 is 0 Å². The van der Waals surface area contributed by atoms with Gasteiger partial charge in [-0.2, -0.15) is 4.98 Å². The quantitative estimate of drug-likeness (QED) is 0.599. The number of aromatic nitrogens is 3. The van der Waals surface area contributed by atoms with Gasteiger partial charge in [0.05, 0.1) is 4.90 Å². The van der Waals surface area contributed by atoms with Crippen LogP contribution in [0.1, 0.15) is 0 Å². The smallest absolute Gasteiger partial charge is 0.247 e. The number of para-hydroxylation sites is 1. The van der Waals surface area contributed by atoms with Gasteiger partial charge in [0.2, 0.25) is 5.95 Å². The maximum atomic E-state index is 11.8. The first-order chi connectivity index (χ1) is 12.5. The number of anilines is 2. The summed E-state index contributed by atoms with van der Waals surface area (Å²) in [6, 6.07) is 20.3. The Bertz CT molecular complexity index is 1180. The van der Waals surface area contributed by atoms with Crippen molar-refractivity contribution in [2.24, 2.45) is 0 Å². The standard InChI is InChI=1S/C19H16N4O2S/c1-26(24,25)16-10-5-7-14(13-16)17-11-6-12-23-18(17)21-19(22-23)20-15-8-3-2-4-9-15/h2-13H,1H3,(H,20,22). The summed E-state index contributed by atoms with van der Waals surface area (Å²) in [7, 11) is -3.28. The molecule has 0 unspecified atom stereocenters. The van der Waals surface area contributed by atoms with Crippen LogP contribution in [0.25, 0.3) is 16.8 Å². The van der Waals surface area contributed by atoms with Crippen LogP contribution in [0.2, 0.25) is 0 Å². The van der Waals surface area contributed by atoms with E-state index in [9.17, 15) is 8.42 Å². The number of rotatable bonds is 4. The topological polar surface area (TPSA) is 76.4 Å². The van der Waals surface area contributed by atoms with Gasteiger partial charge < -0.3 is 5.32 Å². The van der Waals surface area contributed by atoms with Crippen molar-refractivity contribution in [3.05, 3.63) is 72.9 Å². The van der Waals surface area contributed by atoms with Gasteiger partial charge in [-0.15, -0.1) is 5.10 Å². The largest absolute Gasteiger partial charge is 0.323 e. The molecule has 2 heterocycles. The highest BCUT2D eigenvalue weighted by Crippen LogP contribution is 2.26. The molecule has 4 aromatic rings. The Morgan fingerprint density at radius 1 is 0.962 bits per heavy atom. The molecule has 26 heavy (non-hydrogen) atoms. The Labute approximate surface area is 151 Å². The van der Waals surface area contributed by atoms with E-state index in [4.69, 9.17) is 0 Å². The summed E-state index contributed by atoms with van der Waals surface area (Å²) >= 11 is 0. The van der Waals surface area contributed by atoms with Crippen LogP contribution in [-0.4, -0.2) is 29.3 Å². The molecule has 0 atom stereocenters. The van der Waals surface area contributed by atoms with E-state index in [-0.39, 0.29) is 4.90 Å². The van der Waals surface area contributed by atoms with Crippen LogP contribution in [0, 0.1) is 0 Å². The van der Waals surface area contributed by atoms with Gasteiger partial charge in [-0.25, -0.2) is 12.9 Å². The van der Waals surface area contributed by atoms with Crippen molar-refractivity contribution in [3.63, 3.8) is 0 Å². The van der Waals surface area contributed by atoms with Crippen molar-refractivity contribution in [1.82, 2.24) is 14.6 Å². The number of pyridine rings is 1. The van der Waals surface area contributed by atoms with Gasteiger partial charge in [-0.1, -0.05) is 30.3 Å². The molecule has 0 radical (unpaired) electrons. The van der Waals surface area contributed by atoms with Crippen LogP contribution in [-0.2, 0) is 9.84 Å². The molecule has 130 valence electrons. The normalized spacial score (nSPS) is 11.6. The van der Waals surface area contributed by atoms with Crippen LogP contribution in [0.15, 0.2) is 77.8 Å². The Hall–Kier alpha value is -3.19. The summed E-state index contributed by atoms with van der Waals surface area (Å²) in [6.45, 7) is 0. The Kier molecular flexibility index (Phi) is 3.93. The first-order valence-corrected chi connectivity index (χ1v) is 9.88. The number of nitrogens with one attached hydrogen (secondary N) is 1. The summed E-state index contributed by atoms with van der Waals surface area (Å²) in [5.41, 5.74) is 3.13. The van der Waals surface area contributed by atoms with Gasteiger partial charge in [0.1, 0.15) is 0 Å². The first kappa shape index (κ1) is 16.3. The minimum Gasteiger partial charge on any atom is -0.323 e. The molecule has 0 aliphatic carbocycles. The maximum Gasteiger partial charge on any atom is 0.247 e. The van der Waals surface area contributed by atoms with E-state index in [0.29, 0.717) is 11.6 Å². The zero-order valence-corrected chi connectivity index (χ0v) is 14.8. The Morgan fingerprint density at radius 3 is 2.54 bits per heavy atom. The lowest BCUT2D eigenvalue weighted by Crippen LogP contribution is -1.97. The average Bonchev–Trinajstić information content (AvgIpc) is 3.04. The second-order valence-corrected chi connectivity index (χ2v) is 7.93. The van der Waals surface area contributed by atoms with Crippen molar-refractivity contribution in [2.75, 3.05) is 11.6 Å². The van der Waals surface area contributed by atoms with Crippen LogP contribution in [0.4, 0.5) is 11.6 Å². The molecule has 0 saturated heterocycles. The fourth-order valence-electron chi connectivity index (χ4n) is 2.73. The zero-order chi connectivity index (χ0) is 18.1. The summed E-state index contributed by atoms with van der Waals surface area (Å²) < 4.78 is 25.4. The van der Waals surface area contributed by atoms with Crippen LogP contribution < -0.4 is 5.32 Å². The number of fused-ring (bicyclic) bond motifs is 1. The molecule has 0 aliphatic rings. The summed E-state index contributed by atoms with van der Waals surface area (Å²) in [4.78, 5) is 4.84. The summed E-state index contributed by atoms with van der Waals surface area (Å²) in [5.74, 6) is 0.475. The molecule has 4 rings (SSSR count). The molecule has 2 aromatic carbocycles. The number of sulfone groups is 1. The van der Waals surface area contributed by atoms with Gasteiger partial charge in [0.15, 0.2) is 15.5 Å². The Balaban J connectivity index is 1.79. The fourth-order valence-corrected chi connectivity index (χ4v) is 3.40. The second-order valence-electron chi connectivity index (χ2n) is 5.92. The molecule has 2 aromatic heterocycles.